The lowest BCUT2D eigenvalue weighted by Crippen LogP contribution is -2.47. The molecular weight excluding hydrogens is 198 g/mol. The van der Waals surface area contributed by atoms with Gasteiger partial charge in [0, 0.05) is 18.7 Å². The van der Waals surface area contributed by atoms with Gasteiger partial charge in [0.1, 0.15) is 0 Å². The SMILES string of the molecule is CCC1(C)CC(NC(C)CC2CC2)CCO1. The highest BCUT2D eigenvalue weighted by molar-refractivity contribution is 4.87. The molecule has 2 heteroatoms. The lowest BCUT2D eigenvalue weighted by molar-refractivity contribution is -0.0790. The zero-order valence-corrected chi connectivity index (χ0v) is 11.1. The lowest BCUT2D eigenvalue weighted by Gasteiger charge is -2.39. The summed E-state index contributed by atoms with van der Waals surface area (Å²) in [5.41, 5.74) is 0.120. The molecule has 0 spiro atoms. The van der Waals surface area contributed by atoms with Crippen molar-refractivity contribution in [3.05, 3.63) is 0 Å². The van der Waals surface area contributed by atoms with Crippen molar-refractivity contribution in [2.45, 2.75) is 77.0 Å². The topological polar surface area (TPSA) is 21.3 Å². The van der Waals surface area contributed by atoms with Crippen molar-refractivity contribution in [1.82, 2.24) is 5.32 Å². The Morgan fingerprint density at radius 3 is 2.75 bits per heavy atom. The van der Waals surface area contributed by atoms with E-state index in [1.54, 1.807) is 0 Å². The van der Waals surface area contributed by atoms with Crippen LogP contribution in [0.1, 0.15) is 59.3 Å². The molecule has 1 saturated carbocycles. The second-order valence-corrected chi connectivity index (χ2v) is 6.09. The summed E-state index contributed by atoms with van der Waals surface area (Å²) in [6.45, 7) is 7.76. The molecule has 0 amide bonds. The van der Waals surface area contributed by atoms with Gasteiger partial charge in [-0.15, -0.1) is 0 Å². The van der Waals surface area contributed by atoms with Crippen molar-refractivity contribution in [2.75, 3.05) is 6.61 Å². The van der Waals surface area contributed by atoms with Crippen LogP contribution in [0.5, 0.6) is 0 Å². The molecule has 2 aliphatic rings. The monoisotopic (exact) mass is 225 g/mol. The van der Waals surface area contributed by atoms with E-state index < -0.39 is 0 Å². The maximum Gasteiger partial charge on any atom is 0.0666 e. The molecule has 16 heavy (non-hydrogen) atoms. The zero-order valence-electron chi connectivity index (χ0n) is 11.1. The highest BCUT2D eigenvalue weighted by atomic mass is 16.5. The molecule has 3 atom stereocenters. The van der Waals surface area contributed by atoms with Crippen LogP contribution in [0.25, 0.3) is 0 Å². The molecule has 2 rings (SSSR count). The number of hydrogen-bond donors (Lipinski definition) is 1. The van der Waals surface area contributed by atoms with Gasteiger partial charge in [0.15, 0.2) is 0 Å². The molecule has 94 valence electrons. The lowest BCUT2D eigenvalue weighted by atomic mass is 9.89. The van der Waals surface area contributed by atoms with Crippen LogP contribution in [0.4, 0.5) is 0 Å². The molecule has 1 aliphatic heterocycles. The molecule has 1 N–H and O–H groups in total. The minimum absolute atomic E-state index is 0.120. The van der Waals surface area contributed by atoms with Gasteiger partial charge in [0.25, 0.3) is 0 Å². The summed E-state index contributed by atoms with van der Waals surface area (Å²) in [5, 5.41) is 3.80. The van der Waals surface area contributed by atoms with E-state index in [0.29, 0.717) is 12.1 Å². The smallest absolute Gasteiger partial charge is 0.0666 e. The first-order valence-corrected chi connectivity index (χ1v) is 7.01. The van der Waals surface area contributed by atoms with Crippen LogP contribution in [-0.4, -0.2) is 24.3 Å². The van der Waals surface area contributed by atoms with Gasteiger partial charge in [-0.25, -0.2) is 0 Å². The average molecular weight is 225 g/mol. The summed E-state index contributed by atoms with van der Waals surface area (Å²) in [7, 11) is 0. The van der Waals surface area contributed by atoms with Gasteiger partial charge in [0.05, 0.1) is 5.60 Å². The largest absolute Gasteiger partial charge is 0.375 e. The van der Waals surface area contributed by atoms with Gasteiger partial charge in [-0.2, -0.15) is 0 Å². The normalized spacial score (nSPS) is 37.3. The molecule has 1 saturated heterocycles. The van der Waals surface area contributed by atoms with Gasteiger partial charge in [-0.1, -0.05) is 19.8 Å². The van der Waals surface area contributed by atoms with Gasteiger partial charge < -0.3 is 10.1 Å². The first-order valence-electron chi connectivity index (χ1n) is 7.01. The fourth-order valence-electron chi connectivity index (χ4n) is 2.84. The molecular formula is C14H27NO. The Hall–Kier alpha value is -0.0800. The molecule has 3 unspecified atom stereocenters. The van der Waals surface area contributed by atoms with E-state index in [-0.39, 0.29) is 5.60 Å². The van der Waals surface area contributed by atoms with Gasteiger partial charge >= 0.3 is 0 Å². The van der Waals surface area contributed by atoms with Crippen molar-refractivity contribution < 1.29 is 4.74 Å². The third kappa shape index (κ3) is 3.46. The predicted molar refractivity (Wildman–Crippen MR) is 67.6 cm³/mol. The third-order valence-electron chi connectivity index (χ3n) is 4.25. The van der Waals surface area contributed by atoms with Crippen LogP contribution in [0, 0.1) is 5.92 Å². The van der Waals surface area contributed by atoms with Crippen LogP contribution in [-0.2, 0) is 4.74 Å². The van der Waals surface area contributed by atoms with Crippen molar-refractivity contribution in [1.29, 1.82) is 0 Å². The number of rotatable bonds is 5. The number of hydrogen-bond acceptors (Lipinski definition) is 2. The molecule has 0 aromatic heterocycles. The van der Waals surface area contributed by atoms with Crippen LogP contribution < -0.4 is 5.32 Å². The fraction of sp³-hybridized carbons (Fsp3) is 1.00. The van der Waals surface area contributed by atoms with E-state index in [4.69, 9.17) is 4.74 Å². The minimum atomic E-state index is 0.120. The Labute approximate surface area is 100 Å². The summed E-state index contributed by atoms with van der Waals surface area (Å²) < 4.78 is 5.88. The van der Waals surface area contributed by atoms with E-state index in [9.17, 15) is 0 Å². The third-order valence-corrected chi connectivity index (χ3v) is 4.25. The quantitative estimate of drug-likeness (QED) is 0.776. The van der Waals surface area contributed by atoms with Crippen molar-refractivity contribution in [2.24, 2.45) is 5.92 Å². The molecule has 0 aromatic carbocycles. The van der Waals surface area contributed by atoms with Crippen molar-refractivity contribution >= 4 is 0 Å². The van der Waals surface area contributed by atoms with E-state index in [2.05, 4.69) is 26.1 Å². The number of nitrogens with one attached hydrogen (secondary N) is 1. The summed E-state index contributed by atoms with van der Waals surface area (Å²) in [6.07, 6.45) is 7.80. The molecule has 1 aliphatic carbocycles. The number of ether oxygens (including phenoxy) is 1. The summed E-state index contributed by atoms with van der Waals surface area (Å²) in [6, 6.07) is 1.36. The summed E-state index contributed by atoms with van der Waals surface area (Å²) in [4.78, 5) is 0. The second-order valence-electron chi connectivity index (χ2n) is 6.09. The Morgan fingerprint density at radius 2 is 2.12 bits per heavy atom. The Bertz CT molecular complexity index is 227. The summed E-state index contributed by atoms with van der Waals surface area (Å²) >= 11 is 0. The van der Waals surface area contributed by atoms with Gasteiger partial charge in [-0.05, 0) is 45.4 Å². The van der Waals surface area contributed by atoms with Crippen LogP contribution in [0.15, 0.2) is 0 Å². The molecule has 1 heterocycles. The zero-order chi connectivity index (χ0) is 11.6. The Balaban J connectivity index is 1.75. The van der Waals surface area contributed by atoms with Crippen LogP contribution >= 0.6 is 0 Å². The molecule has 0 bridgehead atoms. The highest BCUT2D eigenvalue weighted by Gasteiger charge is 2.32. The Morgan fingerprint density at radius 1 is 1.38 bits per heavy atom. The standard InChI is InChI=1S/C14H27NO/c1-4-14(3)10-13(7-8-16-14)15-11(2)9-12-5-6-12/h11-13,15H,4-10H2,1-3H3. The highest BCUT2D eigenvalue weighted by Crippen LogP contribution is 2.34. The van der Waals surface area contributed by atoms with E-state index >= 15 is 0 Å². The predicted octanol–water partition coefficient (Wildman–Crippen LogP) is 3.11. The Kier molecular flexibility index (Phi) is 3.91. The first kappa shape index (κ1) is 12.4. The van der Waals surface area contributed by atoms with Crippen molar-refractivity contribution in [3.63, 3.8) is 0 Å². The van der Waals surface area contributed by atoms with Crippen LogP contribution in [0.3, 0.4) is 0 Å². The van der Waals surface area contributed by atoms with Crippen molar-refractivity contribution in [3.8, 4) is 0 Å². The van der Waals surface area contributed by atoms with E-state index in [0.717, 1.165) is 18.9 Å². The first-order chi connectivity index (χ1) is 7.61. The fourth-order valence-corrected chi connectivity index (χ4v) is 2.84. The molecule has 0 radical (unpaired) electrons. The van der Waals surface area contributed by atoms with E-state index in [1.807, 2.05) is 0 Å². The maximum atomic E-state index is 5.88. The maximum absolute atomic E-state index is 5.88. The second kappa shape index (κ2) is 5.05. The molecule has 2 nitrogen and oxygen atoms in total. The van der Waals surface area contributed by atoms with Crippen LogP contribution in [0.2, 0.25) is 0 Å². The average Bonchev–Trinajstić information content (AvgIpc) is 3.01. The minimum Gasteiger partial charge on any atom is -0.375 e. The molecule has 0 aromatic rings. The molecule has 2 fully saturated rings. The van der Waals surface area contributed by atoms with E-state index in [1.165, 1.54) is 32.1 Å². The summed E-state index contributed by atoms with van der Waals surface area (Å²) in [5.74, 6) is 1.03. The van der Waals surface area contributed by atoms with Gasteiger partial charge in [-0.3, -0.25) is 0 Å². The van der Waals surface area contributed by atoms with Gasteiger partial charge in [0.2, 0.25) is 0 Å².